The molecule has 0 aliphatic carbocycles. The van der Waals surface area contributed by atoms with Gasteiger partial charge in [0.1, 0.15) is 0 Å². The lowest BCUT2D eigenvalue weighted by Gasteiger charge is -2.32. The van der Waals surface area contributed by atoms with Crippen molar-refractivity contribution in [2.75, 3.05) is 0 Å². The van der Waals surface area contributed by atoms with Crippen LogP contribution >= 0.6 is 0 Å². The molecule has 4 aromatic rings. The largest absolute Gasteiger partial charge is 0.495 e. The smallest absolute Gasteiger partial charge is 0.399 e. The first kappa shape index (κ1) is 21.7. The fourth-order valence-electron chi connectivity index (χ4n) is 4.36. The third-order valence-electron chi connectivity index (χ3n) is 6.99. The van der Waals surface area contributed by atoms with Crippen molar-refractivity contribution in [2.45, 2.75) is 38.9 Å². The predicted octanol–water partition coefficient (Wildman–Crippen LogP) is 6.99. The highest BCUT2D eigenvalue weighted by Crippen LogP contribution is 2.38. The highest BCUT2D eigenvalue weighted by Gasteiger charge is 2.52. The van der Waals surface area contributed by atoms with Crippen LogP contribution in [-0.2, 0) is 9.31 Å². The average Bonchev–Trinajstić information content (AvgIpc) is 3.06. The van der Waals surface area contributed by atoms with E-state index in [9.17, 15) is 0 Å². The molecule has 0 aromatic heterocycles. The highest BCUT2D eigenvalue weighted by atomic mass is 16.7. The van der Waals surface area contributed by atoms with Crippen LogP contribution in [0, 0.1) is 0 Å². The second kappa shape index (κ2) is 8.33. The zero-order valence-electron chi connectivity index (χ0n) is 19.7. The van der Waals surface area contributed by atoms with Gasteiger partial charge in [0, 0.05) is 0 Å². The Bertz CT molecular complexity index is 1240. The van der Waals surface area contributed by atoms with E-state index in [1.807, 2.05) is 6.07 Å². The molecule has 0 bridgehead atoms. The van der Waals surface area contributed by atoms with E-state index in [4.69, 9.17) is 9.31 Å². The number of benzene rings is 4. The lowest BCUT2D eigenvalue weighted by Crippen LogP contribution is -2.41. The molecule has 0 saturated carbocycles. The number of rotatable bonds is 4. The van der Waals surface area contributed by atoms with Gasteiger partial charge < -0.3 is 9.31 Å². The molecule has 1 aliphatic heterocycles. The van der Waals surface area contributed by atoms with E-state index in [2.05, 4.69) is 125 Å². The van der Waals surface area contributed by atoms with E-state index in [1.54, 1.807) is 0 Å². The molecule has 1 heterocycles. The van der Waals surface area contributed by atoms with E-state index in [1.165, 1.54) is 27.8 Å². The first-order valence-electron chi connectivity index (χ1n) is 11.6. The molecular weight excluding hydrogens is 403 g/mol. The molecule has 1 saturated heterocycles. The maximum absolute atomic E-state index is 6.40. The van der Waals surface area contributed by atoms with Gasteiger partial charge in [-0.1, -0.05) is 103 Å². The SMILES string of the molecule is CC1(C)OB(c2ccccc2-c2ccccc2-c2ccc(-c3ccccc3)cc2)OC1(C)C. The van der Waals surface area contributed by atoms with Crippen LogP contribution in [0.15, 0.2) is 103 Å². The van der Waals surface area contributed by atoms with Crippen LogP contribution in [0.25, 0.3) is 33.4 Å². The molecule has 0 atom stereocenters. The number of hydrogen-bond donors (Lipinski definition) is 0. The van der Waals surface area contributed by atoms with E-state index in [0.717, 1.165) is 11.0 Å². The van der Waals surface area contributed by atoms with Crippen LogP contribution in [0.4, 0.5) is 0 Å². The molecule has 0 N–H and O–H groups in total. The molecule has 0 amide bonds. The van der Waals surface area contributed by atoms with Gasteiger partial charge >= 0.3 is 7.12 Å². The van der Waals surface area contributed by atoms with Crippen molar-refractivity contribution in [3.05, 3.63) is 103 Å². The summed E-state index contributed by atoms with van der Waals surface area (Å²) in [6.07, 6.45) is 0. The summed E-state index contributed by atoms with van der Waals surface area (Å²) in [5.74, 6) is 0. The maximum atomic E-state index is 6.40. The third-order valence-corrected chi connectivity index (χ3v) is 6.99. The van der Waals surface area contributed by atoms with Gasteiger partial charge in [-0.3, -0.25) is 0 Å². The van der Waals surface area contributed by atoms with Gasteiger partial charge in [-0.2, -0.15) is 0 Å². The standard InChI is InChI=1S/C30H29BO2/c1-29(2)30(3,4)33-31(32-29)28-17-11-10-16-27(28)26-15-9-8-14-25(26)24-20-18-23(19-21-24)22-12-6-5-7-13-22/h5-21H,1-4H3. The Kier molecular flexibility index (Phi) is 5.48. The zero-order chi connectivity index (χ0) is 23.1. The summed E-state index contributed by atoms with van der Waals surface area (Å²) in [6.45, 7) is 8.38. The second-order valence-corrected chi connectivity index (χ2v) is 9.66. The molecular formula is C30H29BO2. The minimum Gasteiger partial charge on any atom is -0.399 e. The van der Waals surface area contributed by atoms with Crippen LogP contribution in [0.2, 0.25) is 0 Å². The van der Waals surface area contributed by atoms with E-state index < -0.39 is 7.12 Å². The summed E-state index contributed by atoms with van der Waals surface area (Å²) in [7, 11) is -0.403. The molecule has 3 heteroatoms. The van der Waals surface area contributed by atoms with Crippen LogP contribution in [0.5, 0.6) is 0 Å². The molecule has 5 rings (SSSR count). The molecule has 2 nitrogen and oxygen atoms in total. The van der Waals surface area contributed by atoms with E-state index in [-0.39, 0.29) is 11.2 Å². The van der Waals surface area contributed by atoms with Crippen molar-refractivity contribution < 1.29 is 9.31 Å². The Balaban J connectivity index is 1.55. The Morgan fingerprint density at radius 1 is 0.455 bits per heavy atom. The second-order valence-electron chi connectivity index (χ2n) is 9.66. The zero-order valence-corrected chi connectivity index (χ0v) is 19.7. The van der Waals surface area contributed by atoms with Gasteiger partial charge in [0.05, 0.1) is 11.2 Å². The van der Waals surface area contributed by atoms with Crippen LogP contribution in [0.3, 0.4) is 0 Å². The van der Waals surface area contributed by atoms with Gasteiger partial charge in [0.25, 0.3) is 0 Å². The molecule has 0 unspecified atom stereocenters. The lowest BCUT2D eigenvalue weighted by atomic mass is 9.73. The predicted molar refractivity (Wildman–Crippen MR) is 138 cm³/mol. The molecule has 1 aliphatic rings. The summed E-state index contributed by atoms with van der Waals surface area (Å²) in [6, 6.07) is 36.3. The normalized spacial score (nSPS) is 16.7. The van der Waals surface area contributed by atoms with Crippen molar-refractivity contribution in [1.82, 2.24) is 0 Å². The van der Waals surface area contributed by atoms with Gasteiger partial charge in [0.2, 0.25) is 0 Å². The first-order chi connectivity index (χ1) is 15.9. The minimum atomic E-state index is -0.403. The Morgan fingerprint density at radius 2 is 0.909 bits per heavy atom. The summed E-state index contributed by atoms with van der Waals surface area (Å²) in [5.41, 5.74) is 7.45. The van der Waals surface area contributed by atoms with E-state index >= 15 is 0 Å². The monoisotopic (exact) mass is 432 g/mol. The topological polar surface area (TPSA) is 18.5 Å². The van der Waals surface area contributed by atoms with Crippen molar-refractivity contribution in [1.29, 1.82) is 0 Å². The van der Waals surface area contributed by atoms with Crippen molar-refractivity contribution in [3.8, 4) is 33.4 Å². The molecule has 0 spiro atoms. The van der Waals surface area contributed by atoms with Gasteiger partial charge in [-0.05, 0) is 66.5 Å². The molecule has 1 fully saturated rings. The fourth-order valence-corrected chi connectivity index (χ4v) is 4.36. The van der Waals surface area contributed by atoms with Crippen LogP contribution in [-0.4, -0.2) is 18.3 Å². The van der Waals surface area contributed by atoms with E-state index in [0.29, 0.717) is 0 Å². The van der Waals surface area contributed by atoms with Crippen molar-refractivity contribution in [3.63, 3.8) is 0 Å². The molecule has 33 heavy (non-hydrogen) atoms. The lowest BCUT2D eigenvalue weighted by molar-refractivity contribution is 0.00578. The van der Waals surface area contributed by atoms with Gasteiger partial charge in [-0.15, -0.1) is 0 Å². The summed E-state index contributed by atoms with van der Waals surface area (Å²) >= 11 is 0. The van der Waals surface area contributed by atoms with Gasteiger partial charge in [0.15, 0.2) is 0 Å². The average molecular weight is 432 g/mol. The van der Waals surface area contributed by atoms with Crippen molar-refractivity contribution >= 4 is 12.6 Å². The summed E-state index contributed by atoms with van der Waals surface area (Å²) in [5, 5.41) is 0. The molecule has 4 aromatic carbocycles. The Labute approximate surface area is 197 Å². The third kappa shape index (κ3) is 4.03. The Hall–Kier alpha value is -3.14. The first-order valence-corrected chi connectivity index (χ1v) is 11.6. The van der Waals surface area contributed by atoms with Gasteiger partial charge in [-0.25, -0.2) is 0 Å². The molecule has 164 valence electrons. The quantitative estimate of drug-likeness (QED) is 0.324. The highest BCUT2D eigenvalue weighted by molar-refractivity contribution is 6.64. The number of hydrogen-bond acceptors (Lipinski definition) is 2. The van der Waals surface area contributed by atoms with Crippen molar-refractivity contribution in [2.24, 2.45) is 0 Å². The summed E-state index contributed by atoms with van der Waals surface area (Å²) in [4.78, 5) is 0. The fraction of sp³-hybridized carbons (Fsp3) is 0.200. The molecule has 0 radical (unpaired) electrons. The summed E-state index contributed by atoms with van der Waals surface area (Å²) < 4.78 is 12.8. The van der Waals surface area contributed by atoms with Crippen LogP contribution < -0.4 is 5.46 Å². The Morgan fingerprint density at radius 3 is 1.55 bits per heavy atom. The van der Waals surface area contributed by atoms with Crippen LogP contribution in [0.1, 0.15) is 27.7 Å². The minimum absolute atomic E-state index is 0.377. The maximum Gasteiger partial charge on any atom is 0.495 e.